The number of nitrogens with one attached hydrogen (secondary N) is 1. The molecule has 2 rings (SSSR count). The number of benzene rings is 1. The molecule has 2 nitrogen and oxygen atoms in total. The number of hydrogen-bond donors (Lipinski definition) is 1. The van der Waals surface area contributed by atoms with Crippen molar-refractivity contribution >= 4 is 0 Å². The zero-order chi connectivity index (χ0) is 12.1. The van der Waals surface area contributed by atoms with Crippen molar-refractivity contribution in [1.29, 1.82) is 5.26 Å². The van der Waals surface area contributed by atoms with Crippen molar-refractivity contribution < 1.29 is 0 Å². The lowest BCUT2D eigenvalue weighted by atomic mass is 9.62. The average Bonchev–Trinajstić information content (AvgIpc) is 2.34. The molecule has 0 bridgehead atoms. The van der Waals surface area contributed by atoms with E-state index in [1.807, 2.05) is 18.2 Å². The summed E-state index contributed by atoms with van der Waals surface area (Å²) in [5.41, 5.74) is 0.946. The minimum atomic E-state index is -0.231. The number of rotatable bonds is 5. The van der Waals surface area contributed by atoms with Gasteiger partial charge in [0.05, 0.1) is 11.5 Å². The van der Waals surface area contributed by atoms with Gasteiger partial charge in [0.1, 0.15) is 0 Å². The number of unbranched alkanes of at least 4 members (excludes halogenated alkanes) is 1. The molecule has 0 amide bonds. The van der Waals surface area contributed by atoms with Crippen molar-refractivity contribution in [2.75, 3.05) is 6.54 Å². The van der Waals surface area contributed by atoms with Crippen molar-refractivity contribution in [3.05, 3.63) is 35.9 Å². The normalized spacial score (nSPS) is 27.2. The van der Waals surface area contributed by atoms with E-state index < -0.39 is 0 Å². The topological polar surface area (TPSA) is 35.8 Å². The lowest BCUT2D eigenvalue weighted by Gasteiger charge is -2.43. The third-order valence-electron chi connectivity index (χ3n) is 3.69. The van der Waals surface area contributed by atoms with Crippen molar-refractivity contribution in [2.24, 2.45) is 0 Å². The standard InChI is InChI=1S/C15H20N2/c1-2-3-9-17-14-10-15(11-14,12-16)13-7-5-4-6-8-13/h4-8,14,17H,2-3,9-11H2,1H3. The maximum Gasteiger partial charge on any atom is 0.0852 e. The van der Waals surface area contributed by atoms with Crippen molar-refractivity contribution in [2.45, 2.75) is 44.1 Å². The molecule has 0 unspecified atom stereocenters. The number of hydrogen-bond acceptors (Lipinski definition) is 2. The first kappa shape index (κ1) is 12.1. The molecule has 0 spiro atoms. The first-order valence-electron chi connectivity index (χ1n) is 6.51. The average molecular weight is 228 g/mol. The molecular formula is C15H20N2. The monoisotopic (exact) mass is 228 g/mol. The van der Waals surface area contributed by atoms with Gasteiger partial charge in [-0.2, -0.15) is 5.26 Å². The fourth-order valence-electron chi connectivity index (χ4n) is 2.56. The molecule has 2 heteroatoms. The van der Waals surface area contributed by atoms with Gasteiger partial charge in [-0.3, -0.25) is 0 Å². The highest BCUT2D eigenvalue weighted by Gasteiger charge is 2.45. The summed E-state index contributed by atoms with van der Waals surface area (Å²) in [6, 6.07) is 13.2. The molecule has 0 saturated heterocycles. The van der Waals surface area contributed by atoms with Crippen LogP contribution in [-0.2, 0) is 5.41 Å². The van der Waals surface area contributed by atoms with Crippen molar-refractivity contribution in [3.8, 4) is 6.07 Å². The van der Waals surface area contributed by atoms with Crippen LogP contribution >= 0.6 is 0 Å². The van der Waals surface area contributed by atoms with Gasteiger partial charge in [0, 0.05) is 6.04 Å². The highest BCUT2D eigenvalue weighted by molar-refractivity contribution is 5.36. The van der Waals surface area contributed by atoms with Crippen LogP contribution in [0.5, 0.6) is 0 Å². The third kappa shape index (κ3) is 2.50. The summed E-state index contributed by atoms with van der Waals surface area (Å²) >= 11 is 0. The Morgan fingerprint density at radius 2 is 2.06 bits per heavy atom. The van der Waals surface area contributed by atoms with E-state index in [0.717, 1.165) is 19.4 Å². The quantitative estimate of drug-likeness (QED) is 0.786. The van der Waals surface area contributed by atoms with Crippen LogP contribution in [0.3, 0.4) is 0 Å². The minimum Gasteiger partial charge on any atom is -0.314 e. The SMILES string of the molecule is CCCCNC1CC(C#N)(c2ccccc2)C1. The van der Waals surface area contributed by atoms with Crippen molar-refractivity contribution in [3.63, 3.8) is 0 Å². The highest BCUT2D eigenvalue weighted by Crippen LogP contribution is 2.43. The molecule has 0 radical (unpaired) electrons. The summed E-state index contributed by atoms with van der Waals surface area (Å²) < 4.78 is 0. The zero-order valence-electron chi connectivity index (χ0n) is 10.4. The lowest BCUT2D eigenvalue weighted by molar-refractivity contribution is 0.227. The van der Waals surface area contributed by atoms with Gasteiger partial charge in [-0.1, -0.05) is 43.7 Å². The van der Waals surface area contributed by atoms with Crippen molar-refractivity contribution in [1.82, 2.24) is 5.32 Å². The summed E-state index contributed by atoms with van der Waals surface area (Å²) in [6.07, 6.45) is 4.36. The van der Waals surface area contributed by atoms with E-state index in [0.29, 0.717) is 6.04 Å². The van der Waals surface area contributed by atoms with Gasteiger partial charge in [-0.25, -0.2) is 0 Å². The predicted molar refractivity (Wildman–Crippen MR) is 69.7 cm³/mol. The third-order valence-corrected chi connectivity index (χ3v) is 3.69. The van der Waals surface area contributed by atoms with Crippen LogP contribution in [0.4, 0.5) is 0 Å². The van der Waals surface area contributed by atoms with E-state index in [4.69, 9.17) is 0 Å². The molecule has 1 saturated carbocycles. The second-order valence-electron chi connectivity index (χ2n) is 4.97. The summed E-state index contributed by atoms with van der Waals surface area (Å²) in [7, 11) is 0. The minimum absolute atomic E-state index is 0.231. The summed E-state index contributed by atoms with van der Waals surface area (Å²) in [4.78, 5) is 0. The number of nitrogens with zero attached hydrogens (tertiary/aromatic N) is 1. The van der Waals surface area contributed by atoms with E-state index in [2.05, 4.69) is 30.4 Å². The van der Waals surface area contributed by atoms with Crippen LogP contribution in [-0.4, -0.2) is 12.6 Å². The first-order chi connectivity index (χ1) is 8.30. The molecule has 0 aromatic heterocycles. The molecule has 90 valence electrons. The molecule has 1 N–H and O–H groups in total. The number of nitriles is 1. The lowest BCUT2D eigenvalue weighted by Crippen LogP contribution is -2.51. The summed E-state index contributed by atoms with van der Waals surface area (Å²) in [6.45, 7) is 3.28. The zero-order valence-corrected chi connectivity index (χ0v) is 10.4. The Bertz CT molecular complexity index is 385. The van der Waals surface area contributed by atoms with Crippen LogP contribution < -0.4 is 5.32 Å². The van der Waals surface area contributed by atoms with Gasteiger partial charge in [-0.15, -0.1) is 0 Å². The Hall–Kier alpha value is -1.33. The Balaban J connectivity index is 1.92. The van der Waals surface area contributed by atoms with Gasteiger partial charge < -0.3 is 5.32 Å². The van der Waals surface area contributed by atoms with E-state index >= 15 is 0 Å². The molecule has 0 aliphatic heterocycles. The summed E-state index contributed by atoms with van der Waals surface area (Å²) in [5, 5.41) is 12.9. The molecule has 1 aliphatic carbocycles. The van der Waals surface area contributed by atoms with Crippen LogP contribution in [0.15, 0.2) is 30.3 Å². The highest BCUT2D eigenvalue weighted by atomic mass is 14.9. The first-order valence-corrected chi connectivity index (χ1v) is 6.51. The summed E-state index contributed by atoms with van der Waals surface area (Å²) in [5.74, 6) is 0. The van der Waals surface area contributed by atoms with Gasteiger partial charge in [0.25, 0.3) is 0 Å². The molecule has 0 atom stereocenters. The predicted octanol–water partition coefficient (Wildman–Crippen LogP) is 3.00. The second kappa shape index (κ2) is 5.33. The smallest absolute Gasteiger partial charge is 0.0852 e. The second-order valence-corrected chi connectivity index (χ2v) is 4.97. The van der Waals surface area contributed by atoms with Crippen LogP contribution in [0.1, 0.15) is 38.2 Å². The molecule has 1 aromatic carbocycles. The van der Waals surface area contributed by atoms with Gasteiger partial charge in [0.15, 0.2) is 0 Å². The van der Waals surface area contributed by atoms with Gasteiger partial charge in [0.2, 0.25) is 0 Å². The molecule has 0 heterocycles. The van der Waals surface area contributed by atoms with E-state index in [-0.39, 0.29) is 5.41 Å². The maximum atomic E-state index is 9.40. The Kier molecular flexibility index (Phi) is 3.81. The maximum absolute atomic E-state index is 9.40. The van der Waals surface area contributed by atoms with Gasteiger partial charge >= 0.3 is 0 Å². The van der Waals surface area contributed by atoms with E-state index in [1.54, 1.807) is 0 Å². The fourth-order valence-corrected chi connectivity index (χ4v) is 2.56. The van der Waals surface area contributed by atoms with Crippen LogP contribution in [0.2, 0.25) is 0 Å². The molecule has 1 aromatic rings. The van der Waals surface area contributed by atoms with E-state index in [1.165, 1.54) is 18.4 Å². The van der Waals surface area contributed by atoms with E-state index in [9.17, 15) is 5.26 Å². The molecular weight excluding hydrogens is 208 g/mol. The largest absolute Gasteiger partial charge is 0.314 e. The fraction of sp³-hybridized carbons (Fsp3) is 0.533. The van der Waals surface area contributed by atoms with Gasteiger partial charge in [-0.05, 0) is 31.4 Å². The van der Waals surface area contributed by atoms with Crippen LogP contribution in [0.25, 0.3) is 0 Å². The Morgan fingerprint density at radius 1 is 1.35 bits per heavy atom. The molecule has 1 fully saturated rings. The Labute approximate surface area is 104 Å². The van der Waals surface area contributed by atoms with Crippen LogP contribution in [0, 0.1) is 11.3 Å². The molecule has 1 aliphatic rings. The Morgan fingerprint density at radius 3 is 2.65 bits per heavy atom. The molecule has 17 heavy (non-hydrogen) atoms.